The first-order chi connectivity index (χ1) is 7.27. The average Bonchev–Trinajstić information content (AvgIpc) is 2.67. The van der Waals surface area contributed by atoms with E-state index >= 15 is 0 Å². The molecule has 1 atom stereocenters. The minimum atomic E-state index is 0.527. The molecule has 3 nitrogen and oxygen atoms in total. The highest BCUT2D eigenvalue weighted by Gasteiger charge is 2.16. The molecule has 1 aromatic rings. The second kappa shape index (κ2) is 4.79. The lowest BCUT2D eigenvalue weighted by atomic mass is 9.95. The van der Waals surface area contributed by atoms with Gasteiger partial charge in [0.1, 0.15) is 0 Å². The highest BCUT2D eigenvalue weighted by Crippen LogP contribution is 2.18. The first-order valence-corrected chi connectivity index (χ1v) is 5.99. The van der Waals surface area contributed by atoms with Crippen LogP contribution in [-0.2, 0) is 6.42 Å². The highest BCUT2D eigenvalue weighted by molar-refractivity contribution is 5.01. The zero-order valence-electron chi connectivity index (χ0n) is 9.74. The van der Waals surface area contributed by atoms with E-state index in [1.807, 2.05) is 12.5 Å². The van der Waals surface area contributed by atoms with Crippen molar-refractivity contribution in [1.82, 2.24) is 14.9 Å². The Balaban J connectivity index is 1.99. The molecule has 0 aromatic carbocycles. The first kappa shape index (κ1) is 10.7. The number of hydrogen-bond acceptors (Lipinski definition) is 2. The molecular formula is C12H21N3. The molecule has 0 spiro atoms. The Bertz CT molecular complexity index is 298. The molecular weight excluding hydrogens is 186 g/mol. The van der Waals surface area contributed by atoms with Crippen LogP contribution < -0.4 is 5.32 Å². The monoisotopic (exact) mass is 207 g/mol. The summed E-state index contributed by atoms with van der Waals surface area (Å²) < 4.78 is 2.29. The van der Waals surface area contributed by atoms with E-state index in [2.05, 4.69) is 28.7 Å². The van der Waals surface area contributed by atoms with Crippen LogP contribution in [0.2, 0.25) is 0 Å². The van der Waals surface area contributed by atoms with Crippen molar-refractivity contribution in [2.75, 3.05) is 13.1 Å². The van der Waals surface area contributed by atoms with Crippen molar-refractivity contribution in [3.63, 3.8) is 0 Å². The molecule has 15 heavy (non-hydrogen) atoms. The van der Waals surface area contributed by atoms with Crippen molar-refractivity contribution < 1.29 is 0 Å². The second-order valence-corrected chi connectivity index (χ2v) is 4.80. The Hall–Kier alpha value is -0.830. The maximum Gasteiger partial charge on any atom is 0.0950 e. The Morgan fingerprint density at radius 3 is 3.13 bits per heavy atom. The van der Waals surface area contributed by atoms with Crippen LogP contribution in [0.15, 0.2) is 12.5 Å². The third kappa shape index (κ3) is 2.59. The number of nitrogens with zero attached hydrogens (tertiary/aromatic N) is 2. The molecule has 2 heterocycles. The van der Waals surface area contributed by atoms with E-state index in [4.69, 9.17) is 0 Å². The molecule has 1 aromatic heterocycles. The summed E-state index contributed by atoms with van der Waals surface area (Å²) in [4.78, 5) is 4.25. The van der Waals surface area contributed by atoms with E-state index in [1.54, 1.807) is 0 Å². The van der Waals surface area contributed by atoms with Crippen LogP contribution in [0.1, 0.15) is 38.4 Å². The fraction of sp³-hybridized carbons (Fsp3) is 0.750. The fourth-order valence-electron chi connectivity index (χ4n) is 2.35. The predicted octanol–water partition coefficient (Wildman–Crippen LogP) is 2.01. The van der Waals surface area contributed by atoms with Crippen LogP contribution in [0, 0.1) is 5.92 Å². The molecule has 0 aliphatic carbocycles. The van der Waals surface area contributed by atoms with E-state index in [1.165, 1.54) is 38.0 Å². The van der Waals surface area contributed by atoms with Crippen molar-refractivity contribution in [1.29, 1.82) is 0 Å². The average molecular weight is 207 g/mol. The van der Waals surface area contributed by atoms with E-state index < -0.39 is 0 Å². The molecule has 84 valence electrons. The van der Waals surface area contributed by atoms with Gasteiger partial charge < -0.3 is 9.88 Å². The number of piperidine rings is 1. The van der Waals surface area contributed by atoms with Gasteiger partial charge in [-0.05, 0) is 52.1 Å². The zero-order valence-corrected chi connectivity index (χ0v) is 9.74. The summed E-state index contributed by atoms with van der Waals surface area (Å²) >= 11 is 0. The van der Waals surface area contributed by atoms with Gasteiger partial charge in [-0.3, -0.25) is 0 Å². The maximum absolute atomic E-state index is 4.25. The van der Waals surface area contributed by atoms with E-state index in [-0.39, 0.29) is 0 Å². The molecule has 1 saturated heterocycles. The molecule has 1 unspecified atom stereocenters. The molecule has 1 fully saturated rings. The molecule has 1 aliphatic rings. The Kier molecular flexibility index (Phi) is 3.41. The van der Waals surface area contributed by atoms with Crippen molar-refractivity contribution in [3.8, 4) is 0 Å². The predicted molar refractivity (Wildman–Crippen MR) is 61.9 cm³/mol. The van der Waals surface area contributed by atoms with Crippen LogP contribution in [0.25, 0.3) is 0 Å². The third-order valence-corrected chi connectivity index (χ3v) is 3.20. The standard InChI is InChI=1S/C12H21N3/c1-10(2)15-9-14-8-12(15)6-11-4-3-5-13-7-11/h8-11,13H,3-7H2,1-2H3. The minimum absolute atomic E-state index is 0.527. The normalized spacial score (nSPS) is 22.2. The van der Waals surface area contributed by atoms with Crippen LogP contribution in [0.3, 0.4) is 0 Å². The first-order valence-electron chi connectivity index (χ1n) is 5.99. The van der Waals surface area contributed by atoms with E-state index in [9.17, 15) is 0 Å². The van der Waals surface area contributed by atoms with Gasteiger partial charge in [0.2, 0.25) is 0 Å². The van der Waals surface area contributed by atoms with Gasteiger partial charge in [0.15, 0.2) is 0 Å². The van der Waals surface area contributed by atoms with Gasteiger partial charge in [-0.1, -0.05) is 0 Å². The maximum atomic E-state index is 4.25. The van der Waals surface area contributed by atoms with E-state index in [0.29, 0.717) is 6.04 Å². The molecule has 0 saturated carbocycles. The van der Waals surface area contributed by atoms with Crippen molar-refractivity contribution in [2.24, 2.45) is 5.92 Å². The number of aromatic nitrogens is 2. The van der Waals surface area contributed by atoms with Gasteiger partial charge in [-0.25, -0.2) is 4.98 Å². The summed E-state index contributed by atoms with van der Waals surface area (Å²) in [5.74, 6) is 0.799. The smallest absolute Gasteiger partial charge is 0.0950 e. The largest absolute Gasteiger partial charge is 0.332 e. The van der Waals surface area contributed by atoms with Crippen molar-refractivity contribution >= 4 is 0 Å². The SMILES string of the molecule is CC(C)n1cncc1CC1CCCNC1. The Morgan fingerprint density at radius 1 is 1.60 bits per heavy atom. The van der Waals surface area contributed by atoms with Crippen molar-refractivity contribution in [3.05, 3.63) is 18.2 Å². The highest BCUT2D eigenvalue weighted by atomic mass is 15.1. The Labute approximate surface area is 91.9 Å². The summed E-state index contributed by atoms with van der Waals surface area (Å²) in [5.41, 5.74) is 1.39. The molecule has 1 aliphatic heterocycles. The summed E-state index contributed by atoms with van der Waals surface area (Å²) in [5, 5.41) is 3.47. The number of imidazole rings is 1. The van der Waals surface area contributed by atoms with Gasteiger partial charge in [0.25, 0.3) is 0 Å². The van der Waals surface area contributed by atoms with Crippen LogP contribution >= 0.6 is 0 Å². The fourth-order valence-corrected chi connectivity index (χ4v) is 2.35. The molecule has 0 radical (unpaired) electrons. The molecule has 3 heteroatoms. The van der Waals surface area contributed by atoms with Gasteiger partial charge in [0.05, 0.1) is 6.33 Å². The molecule has 2 rings (SSSR count). The number of nitrogens with one attached hydrogen (secondary N) is 1. The minimum Gasteiger partial charge on any atom is -0.332 e. The molecule has 0 bridgehead atoms. The van der Waals surface area contributed by atoms with Crippen molar-refractivity contribution in [2.45, 2.75) is 39.2 Å². The summed E-state index contributed by atoms with van der Waals surface area (Å²) in [7, 11) is 0. The van der Waals surface area contributed by atoms with Crippen LogP contribution in [-0.4, -0.2) is 22.6 Å². The number of hydrogen-bond donors (Lipinski definition) is 1. The summed E-state index contributed by atoms with van der Waals surface area (Å²) in [6, 6.07) is 0.527. The van der Waals surface area contributed by atoms with Gasteiger partial charge in [-0.2, -0.15) is 0 Å². The molecule has 1 N–H and O–H groups in total. The van der Waals surface area contributed by atoms with E-state index in [0.717, 1.165) is 5.92 Å². The summed E-state index contributed by atoms with van der Waals surface area (Å²) in [6.45, 7) is 6.79. The lowest BCUT2D eigenvalue weighted by Gasteiger charge is -2.23. The Morgan fingerprint density at radius 2 is 2.47 bits per heavy atom. The second-order valence-electron chi connectivity index (χ2n) is 4.80. The quantitative estimate of drug-likeness (QED) is 0.821. The van der Waals surface area contributed by atoms with Gasteiger partial charge in [-0.15, -0.1) is 0 Å². The number of rotatable bonds is 3. The topological polar surface area (TPSA) is 29.9 Å². The zero-order chi connectivity index (χ0) is 10.7. The third-order valence-electron chi connectivity index (χ3n) is 3.20. The van der Waals surface area contributed by atoms with Crippen LogP contribution in [0.5, 0.6) is 0 Å². The lowest BCUT2D eigenvalue weighted by Crippen LogP contribution is -2.31. The van der Waals surface area contributed by atoms with Gasteiger partial charge >= 0.3 is 0 Å². The lowest BCUT2D eigenvalue weighted by molar-refractivity contribution is 0.367. The van der Waals surface area contributed by atoms with Crippen LogP contribution in [0.4, 0.5) is 0 Å². The van der Waals surface area contributed by atoms with Gasteiger partial charge in [0, 0.05) is 17.9 Å². The molecule has 0 amide bonds. The summed E-state index contributed by atoms with van der Waals surface area (Å²) in [6.07, 6.45) is 7.83.